The summed E-state index contributed by atoms with van der Waals surface area (Å²) >= 11 is 0. The molecule has 0 saturated heterocycles. The predicted molar refractivity (Wildman–Crippen MR) is 74.0 cm³/mol. The fraction of sp³-hybridized carbons (Fsp3) is 0.467. The minimum absolute atomic E-state index is 0.151. The molecule has 0 fully saturated rings. The van der Waals surface area contributed by atoms with Crippen LogP contribution in [0.3, 0.4) is 0 Å². The van der Waals surface area contributed by atoms with Crippen molar-refractivity contribution in [3.05, 3.63) is 51.6 Å². The van der Waals surface area contributed by atoms with Gasteiger partial charge in [-0.25, -0.2) is 0 Å². The van der Waals surface area contributed by atoms with Gasteiger partial charge in [0.2, 0.25) is 6.04 Å². The summed E-state index contributed by atoms with van der Waals surface area (Å²) in [6.45, 7) is 0. The molecule has 1 aromatic rings. The van der Waals surface area contributed by atoms with Crippen molar-refractivity contribution >= 4 is 0 Å². The molecule has 0 heterocycles. The minimum atomic E-state index is -0.575. The standard InChI is InChI=1S/C15H19NO3/c1-19-14-9-7-12(8-10-14)11-15(16(17)18)13-5-3-2-4-6-13/h5,7-10,15H,2-4,6,11H2,1H3. The molecule has 1 aromatic carbocycles. The molecule has 0 saturated carbocycles. The van der Waals surface area contributed by atoms with Crippen molar-refractivity contribution in [2.45, 2.75) is 38.1 Å². The van der Waals surface area contributed by atoms with E-state index in [0.717, 1.165) is 42.6 Å². The molecule has 1 unspecified atom stereocenters. The van der Waals surface area contributed by atoms with Crippen molar-refractivity contribution in [1.29, 1.82) is 0 Å². The van der Waals surface area contributed by atoms with Crippen LogP contribution in [-0.4, -0.2) is 18.1 Å². The van der Waals surface area contributed by atoms with E-state index in [1.54, 1.807) is 7.11 Å². The molecule has 2 rings (SSSR count). The lowest BCUT2D eigenvalue weighted by Gasteiger charge is -2.17. The number of ether oxygens (including phenoxy) is 1. The largest absolute Gasteiger partial charge is 0.497 e. The fourth-order valence-electron chi connectivity index (χ4n) is 2.49. The third kappa shape index (κ3) is 3.56. The smallest absolute Gasteiger partial charge is 0.238 e. The molecular weight excluding hydrogens is 242 g/mol. The number of nitrogens with zero attached hydrogens (tertiary/aromatic N) is 1. The topological polar surface area (TPSA) is 52.4 Å². The van der Waals surface area contributed by atoms with Gasteiger partial charge in [-0.2, -0.15) is 0 Å². The maximum atomic E-state index is 11.3. The molecule has 1 aliphatic rings. The Hall–Kier alpha value is -1.84. The molecule has 0 amide bonds. The van der Waals surface area contributed by atoms with Crippen LogP contribution in [0.25, 0.3) is 0 Å². The first-order valence-corrected chi connectivity index (χ1v) is 6.66. The van der Waals surface area contributed by atoms with Gasteiger partial charge in [0.1, 0.15) is 5.75 Å². The average Bonchev–Trinajstić information content (AvgIpc) is 2.46. The van der Waals surface area contributed by atoms with E-state index >= 15 is 0 Å². The second-order valence-electron chi connectivity index (χ2n) is 4.88. The van der Waals surface area contributed by atoms with E-state index < -0.39 is 6.04 Å². The quantitative estimate of drug-likeness (QED) is 0.464. The third-order valence-electron chi connectivity index (χ3n) is 3.60. The Bertz CT molecular complexity index is 465. The van der Waals surface area contributed by atoms with Crippen LogP contribution in [0.2, 0.25) is 0 Å². The van der Waals surface area contributed by atoms with E-state index in [9.17, 15) is 10.1 Å². The fourth-order valence-corrected chi connectivity index (χ4v) is 2.49. The second-order valence-corrected chi connectivity index (χ2v) is 4.88. The molecule has 0 aromatic heterocycles. The number of hydrogen-bond donors (Lipinski definition) is 0. The molecular formula is C15H19NO3. The van der Waals surface area contributed by atoms with Crippen LogP contribution in [0.5, 0.6) is 5.75 Å². The summed E-state index contributed by atoms with van der Waals surface area (Å²) in [5.41, 5.74) is 1.97. The van der Waals surface area contributed by atoms with E-state index in [-0.39, 0.29) is 4.92 Å². The van der Waals surface area contributed by atoms with E-state index in [0.29, 0.717) is 6.42 Å². The summed E-state index contributed by atoms with van der Waals surface area (Å²) in [6, 6.07) is 6.93. The van der Waals surface area contributed by atoms with Crippen molar-refractivity contribution in [2.75, 3.05) is 7.11 Å². The molecule has 0 radical (unpaired) electrons. The Balaban J connectivity index is 2.11. The second kappa shape index (κ2) is 6.36. The van der Waals surface area contributed by atoms with Gasteiger partial charge in [-0.15, -0.1) is 0 Å². The van der Waals surface area contributed by atoms with Crippen LogP contribution in [0.1, 0.15) is 31.2 Å². The van der Waals surface area contributed by atoms with E-state index in [1.807, 2.05) is 24.3 Å². The number of rotatable bonds is 5. The summed E-state index contributed by atoms with van der Waals surface area (Å²) in [7, 11) is 1.61. The van der Waals surface area contributed by atoms with Crippen LogP contribution in [0, 0.1) is 10.1 Å². The predicted octanol–water partition coefficient (Wildman–Crippen LogP) is 3.38. The van der Waals surface area contributed by atoms with E-state index in [1.165, 1.54) is 0 Å². The Kier molecular flexibility index (Phi) is 4.55. The first kappa shape index (κ1) is 13.6. The highest BCUT2D eigenvalue weighted by molar-refractivity contribution is 5.28. The van der Waals surface area contributed by atoms with Crippen molar-refractivity contribution in [3.8, 4) is 5.75 Å². The molecule has 1 atom stereocenters. The zero-order valence-electron chi connectivity index (χ0n) is 11.2. The normalized spacial score (nSPS) is 16.6. The van der Waals surface area contributed by atoms with Gasteiger partial charge in [0.25, 0.3) is 0 Å². The lowest BCUT2D eigenvalue weighted by molar-refractivity contribution is -0.512. The van der Waals surface area contributed by atoms with Gasteiger partial charge in [0.05, 0.1) is 7.11 Å². The van der Waals surface area contributed by atoms with Crippen LogP contribution >= 0.6 is 0 Å². The molecule has 0 N–H and O–H groups in total. The van der Waals surface area contributed by atoms with Gasteiger partial charge in [-0.3, -0.25) is 10.1 Å². The monoisotopic (exact) mass is 261 g/mol. The number of allylic oxidation sites excluding steroid dienone is 1. The van der Waals surface area contributed by atoms with Crippen LogP contribution < -0.4 is 4.74 Å². The van der Waals surface area contributed by atoms with Crippen molar-refractivity contribution in [2.24, 2.45) is 0 Å². The molecule has 1 aliphatic carbocycles. The summed E-state index contributed by atoms with van der Waals surface area (Å²) in [6.07, 6.45) is 6.57. The highest BCUT2D eigenvalue weighted by Gasteiger charge is 2.26. The average molecular weight is 261 g/mol. The van der Waals surface area contributed by atoms with Crippen molar-refractivity contribution in [1.82, 2.24) is 0 Å². The van der Waals surface area contributed by atoms with Crippen molar-refractivity contribution in [3.63, 3.8) is 0 Å². The molecule has 4 heteroatoms. The van der Waals surface area contributed by atoms with Crippen molar-refractivity contribution < 1.29 is 9.66 Å². The number of benzene rings is 1. The van der Waals surface area contributed by atoms with Gasteiger partial charge in [-0.05, 0) is 49.0 Å². The number of methoxy groups -OCH3 is 1. The third-order valence-corrected chi connectivity index (χ3v) is 3.60. The Morgan fingerprint density at radius 3 is 2.58 bits per heavy atom. The Labute approximate surface area is 113 Å². The Morgan fingerprint density at radius 2 is 2.05 bits per heavy atom. The number of hydrogen-bond acceptors (Lipinski definition) is 3. The molecule has 19 heavy (non-hydrogen) atoms. The van der Waals surface area contributed by atoms with Gasteiger partial charge in [-0.1, -0.05) is 18.2 Å². The first-order valence-electron chi connectivity index (χ1n) is 6.66. The highest BCUT2D eigenvalue weighted by Crippen LogP contribution is 2.24. The molecule has 0 aliphatic heterocycles. The Morgan fingerprint density at radius 1 is 1.32 bits per heavy atom. The number of nitro groups is 1. The maximum absolute atomic E-state index is 11.3. The lowest BCUT2D eigenvalue weighted by Crippen LogP contribution is -2.25. The summed E-state index contributed by atoms with van der Waals surface area (Å²) in [5, 5.41) is 11.3. The van der Waals surface area contributed by atoms with Gasteiger partial charge >= 0.3 is 0 Å². The lowest BCUT2D eigenvalue weighted by atomic mass is 9.90. The summed E-state index contributed by atoms with van der Waals surface area (Å²) in [4.78, 5) is 11.1. The zero-order valence-corrected chi connectivity index (χ0v) is 11.2. The minimum Gasteiger partial charge on any atom is -0.497 e. The van der Waals surface area contributed by atoms with E-state index in [2.05, 4.69) is 6.08 Å². The summed E-state index contributed by atoms with van der Waals surface area (Å²) in [5.74, 6) is 0.776. The highest BCUT2D eigenvalue weighted by atomic mass is 16.6. The first-order chi connectivity index (χ1) is 9.20. The van der Waals surface area contributed by atoms with Gasteiger partial charge < -0.3 is 4.74 Å². The molecule has 102 valence electrons. The SMILES string of the molecule is COc1ccc(CC(C2=CCCCC2)[N+](=O)[O-])cc1. The van der Waals surface area contributed by atoms with Gasteiger partial charge in [0, 0.05) is 11.3 Å². The molecule has 0 spiro atoms. The van der Waals surface area contributed by atoms with Gasteiger partial charge in [0.15, 0.2) is 0 Å². The molecule has 0 bridgehead atoms. The van der Waals surface area contributed by atoms with Crippen LogP contribution in [0.4, 0.5) is 0 Å². The van der Waals surface area contributed by atoms with E-state index in [4.69, 9.17) is 4.74 Å². The maximum Gasteiger partial charge on any atom is 0.238 e. The summed E-state index contributed by atoms with van der Waals surface area (Å²) < 4.78 is 5.09. The van der Waals surface area contributed by atoms with Crippen LogP contribution in [-0.2, 0) is 6.42 Å². The molecule has 4 nitrogen and oxygen atoms in total. The zero-order chi connectivity index (χ0) is 13.7. The van der Waals surface area contributed by atoms with Crippen LogP contribution in [0.15, 0.2) is 35.9 Å².